The summed E-state index contributed by atoms with van der Waals surface area (Å²) < 4.78 is 5.29. The van der Waals surface area contributed by atoms with E-state index in [1.54, 1.807) is 0 Å². The summed E-state index contributed by atoms with van der Waals surface area (Å²) >= 11 is 0. The van der Waals surface area contributed by atoms with Crippen LogP contribution in [0.4, 0.5) is 4.79 Å². The lowest BCUT2D eigenvalue weighted by Gasteiger charge is -2.28. The first-order valence-electron chi connectivity index (χ1n) is 5.52. The first kappa shape index (κ1) is 9.77. The Morgan fingerprint density at radius 3 is 2.71 bits per heavy atom. The smallest absolute Gasteiger partial charge is 0.407 e. The van der Waals surface area contributed by atoms with Crippen molar-refractivity contribution in [2.45, 2.75) is 44.2 Å². The minimum Gasteiger partial charge on any atom is -0.445 e. The number of ether oxygens (including phenoxy) is 1. The highest BCUT2D eigenvalue weighted by atomic mass is 16.6. The van der Waals surface area contributed by atoms with Crippen LogP contribution in [0.2, 0.25) is 0 Å². The van der Waals surface area contributed by atoms with Crippen molar-refractivity contribution in [3.05, 3.63) is 0 Å². The van der Waals surface area contributed by atoms with E-state index in [1.165, 1.54) is 6.42 Å². The van der Waals surface area contributed by atoms with E-state index in [0.717, 1.165) is 38.8 Å². The highest BCUT2D eigenvalue weighted by molar-refractivity contribution is 5.67. The fourth-order valence-corrected chi connectivity index (χ4v) is 1.83. The number of carbonyl (C=O) groups excluding carboxylic acids is 1. The van der Waals surface area contributed by atoms with Crippen molar-refractivity contribution in [2.24, 2.45) is 0 Å². The third-order valence-corrected chi connectivity index (χ3v) is 2.95. The minimum atomic E-state index is -0.233. The molecule has 2 aliphatic rings. The molecule has 1 atom stereocenters. The maximum atomic E-state index is 11.4. The lowest BCUT2D eigenvalue weighted by atomic mass is 9.93. The second-order valence-electron chi connectivity index (χ2n) is 4.15. The molecule has 80 valence electrons. The molecule has 0 aromatic carbocycles. The summed E-state index contributed by atoms with van der Waals surface area (Å²) in [5.41, 5.74) is 0. The van der Waals surface area contributed by atoms with Gasteiger partial charge in [-0.05, 0) is 38.6 Å². The zero-order chi connectivity index (χ0) is 9.80. The van der Waals surface area contributed by atoms with Gasteiger partial charge in [0, 0.05) is 12.6 Å². The molecule has 14 heavy (non-hydrogen) atoms. The Balaban J connectivity index is 1.64. The van der Waals surface area contributed by atoms with Gasteiger partial charge in [-0.25, -0.2) is 4.79 Å². The second-order valence-corrected chi connectivity index (χ2v) is 4.15. The molecule has 1 aliphatic heterocycles. The summed E-state index contributed by atoms with van der Waals surface area (Å²) in [6.45, 7) is 1.85. The number of hydrogen-bond donors (Lipinski definition) is 2. The van der Waals surface area contributed by atoms with Crippen LogP contribution in [0, 0.1) is 0 Å². The van der Waals surface area contributed by atoms with Crippen molar-refractivity contribution in [3.63, 3.8) is 0 Å². The highest BCUT2D eigenvalue weighted by Crippen LogP contribution is 2.18. The second kappa shape index (κ2) is 4.64. The fourth-order valence-electron chi connectivity index (χ4n) is 1.83. The van der Waals surface area contributed by atoms with E-state index >= 15 is 0 Å². The molecule has 4 nitrogen and oxygen atoms in total. The van der Waals surface area contributed by atoms with E-state index in [2.05, 4.69) is 10.6 Å². The highest BCUT2D eigenvalue weighted by Gasteiger charge is 2.22. The van der Waals surface area contributed by atoms with Gasteiger partial charge in [0.15, 0.2) is 0 Å². The molecular weight excluding hydrogens is 180 g/mol. The zero-order valence-corrected chi connectivity index (χ0v) is 8.42. The van der Waals surface area contributed by atoms with Crippen LogP contribution in [0.15, 0.2) is 0 Å². The average molecular weight is 198 g/mol. The first-order chi connectivity index (χ1) is 6.84. The van der Waals surface area contributed by atoms with Gasteiger partial charge in [0.2, 0.25) is 0 Å². The molecule has 2 fully saturated rings. The lowest BCUT2D eigenvalue weighted by Crippen LogP contribution is -2.44. The van der Waals surface area contributed by atoms with Crippen LogP contribution in [0.25, 0.3) is 0 Å². The molecule has 1 amide bonds. The fraction of sp³-hybridized carbons (Fsp3) is 0.900. The van der Waals surface area contributed by atoms with Crippen molar-refractivity contribution < 1.29 is 9.53 Å². The van der Waals surface area contributed by atoms with Gasteiger partial charge in [-0.15, -0.1) is 0 Å². The number of rotatable bonds is 2. The summed E-state index contributed by atoms with van der Waals surface area (Å²) in [4.78, 5) is 11.4. The van der Waals surface area contributed by atoms with Crippen LogP contribution in [0.5, 0.6) is 0 Å². The minimum absolute atomic E-state index is 0.0730. The number of nitrogens with one attached hydrogen (secondary N) is 2. The van der Waals surface area contributed by atoms with Crippen molar-refractivity contribution in [2.75, 3.05) is 13.1 Å². The lowest BCUT2D eigenvalue weighted by molar-refractivity contribution is 0.0768. The summed E-state index contributed by atoms with van der Waals surface area (Å²) in [6.07, 6.45) is 5.38. The van der Waals surface area contributed by atoms with Crippen molar-refractivity contribution in [1.29, 1.82) is 0 Å². The number of amides is 1. The molecular formula is C10H18N2O2. The predicted octanol–water partition coefficient (Wildman–Crippen LogP) is 1.02. The normalized spacial score (nSPS) is 27.9. The Hall–Kier alpha value is -0.770. The Kier molecular flexibility index (Phi) is 3.24. The number of piperidine rings is 1. The topological polar surface area (TPSA) is 50.4 Å². The molecule has 2 N–H and O–H groups in total. The zero-order valence-electron chi connectivity index (χ0n) is 8.42. The van der Waals surface area contributed by atoms with Crippen LogP contribution in [0.1, 0.15) is 32.1 Å². The van der Waals surface area contributed by atoms with Crippen molar-refractivity contribution in [3.8, 4) is 0 Å². The molecule has 0 aromatic heterocycles. The van der Waals surface area contributed by atoms with Gasteiger partial charge in [0.05, 0.1) is 0 Å². The number of carbonyl (C=O) groups is 1. The summed E-state index contributed by atoms with van der Waals surface area (Å²) in [6, 6.07) is 0.374. The maximum Gasteiger partial charge on any atom is 0.407 e. The van der Waals surface area contributed by atoms with Crippen LogP contribution in [-0.2, 0) is 4.74 Å². The summed E-state index contributed by atoms with van der Waals surface area (Å²) in [5, 5.41) is 6.09. The van der Waals surface area contributed by atoms with Gasteiger partial charge in [-0.2, -0.15) is 0 Å². The van der Waals surface area contributed by atoms with Crippen LogP contribution in [-0.4, -0.2) is 31.3 Å². The van der Waals surface area contributed by atoms with Crippen LogP contribution >= 0.6 is 0 Å². The molecule has 1 heterocycles. The number of alkyl carbamates (subject to hydrolysis) is 1. The van der Waals surface area contributed by atoms with Gasteiger partial charge in [-0.1, -0.05) is 0 Å². The summed E-state index contributed by atoms with van der Waals surface area (Å²) in [5.74, 6) is 0. The third-order valence-electron chi connectivity index (χ3n) is 2.95. The third kappa shape index (κ3) is 2.61. The van der Waals surface area contributed by atoms with Crippen molar-refractivity contribution in [1.82, 2.24) is 10.6 Å². The van der Waals surface area contributed by atoms with E-state index in [1.807, 2.05) is 0 Å². The van der Waals surface area contributed by atoms with Gasteiger partial charge >= 0.3 is 6.09 Å². The molecule has 1 aliphatic carbocycles. The van der Waals surface area contributed by atoms with Crippen LogP contribution in [0.3, 0.4) is 0 Å². The Morgan fingerprint density at radius 1 is 1.29 bits per heavy atom. The van der Waals surface area contributed by atoms with E-state index in [4.69, 9.17) is 4.74 Å². The van der Waals surface area contributed by atoms with E-state index < -0.39 is 0 Å². The molecule has 1 saturated carbocycles. The largest absolute Gasteiger partial charge is 0.445 e. The van der Waals surface area contributed by atoms with Gasteiger partial charge in [-0.3, -0.25) is 0 Å². The van der Waals surface area contributed by atoms with Crippen molar-refractivity contribution >= 4 is 6.09 Å². The van der Waals surface area contributed by atoms with Gasteiger partial charge < -0.3 is 15.4 Å². The molecule has 0 spiro atoms. The molecule has 1 saturated heterocycles. The maximum absolute atomic E-state index is 11.4. The monoisotopic (exact) mass is 198 g/mol. The Bertz CT molecular complexity index is 198. The molecule has 4 heteroatoms. The predicted molar refractivity (Wildman–Crippen MR) is 53.1 cm³/mol. The Labute approximate surface area is 84.4 Å². The quantitative estimate of drug-likeness (QED) is 0.696. The first-order valence-corrected chi connectivity index (χ1v) is 5.52. The standard InChI is InChI=1S/C10H18N2O2/c13-10(12-8-3-1-4-8)14-9-5-2-6-11-7-9/h8-9,11H,1-7H2,(H,12,13). The molecule has 0 bridgehead atoms. The van der Waals surface area contributed by atoms with Gasteiger partial charge in [0.1, 0.15) is 6.10 Å². The molecule has 0 aromatic rings. The van der Waals surface area contributed by atoms with E-state index in [9.17, 15) is 4.79 Å². The van der Waals surface area contributed by atoms with E-state index in [0.29, 0.717) is 6.04 Å². The van der Waals surface area contributed by atoms with E-state index in [-0.39, 0.29) is 12.2 Å². The van der Waals surface area contributed by atoms with Crippen LogP contribution < -0.4 is 10.6 Å². The molecule has 2 rings (SSSR count). The summed E-state index contributed by atoms with van der Waals surface area (Å²) in [7, 11) is 0. The SMILES string of the molecule is O=C(NC1CCC1)OC1CCCNC1. The van der Waals surface area contributed by atoms with Gasteiger partial charge in [0.25, 0.3) is 0 Å². The Morgan fingerprint density at radius 2 is 2.14 bits per heavy atom. The molecule has 1 unspecified atom stereocenters. The average Bonchev–Trinajstić information content (AvgIpc) is 2.13. The number of hydrogen-bond acceptors (Lipinski definition) is 3. The molecule has 0 radical (unpaired) electrons.